The van der Waals surface area contributed by atoms with Gasteiger partial charge in [-0.2, -0.15) is 0 Å². The fraction of sp³-hybridized carbons (Fsp3) is 0.545. The summed E-state index contributed by atoms with van der Waals surface area (Å²) >= 11 is 3.45. The summed E-state index contributed by atoms with van der Waals surface area (Å²) in [6, 6.07) is 0.436. The van der Waals surface area contributed by atoms with Crippen LogP contribution in [0.1, 0.15) is 19.3 Å². The molecular formula is C11H16BrN3O. The fourth-order valence-electron chi connectivity index (χ4n) is 2.09. The van der Waals surface area contributed by atoms with Crippen molar-refractivity contribution in [1.82, 2.24) is 4.98 Å². The number of hydrogen-bond donors (Lipinski definition) is 2. The van der Waals surface area contributed by atoms with Gasteiger partial charge in [-0.15, -0.1) is 0 Å². The van der Waals surface area contributed by atoms with Gasteiger partial charge in [0, 0.05) is 19.3 Å². The molecule has 0 amide bonds. The van der Waals surface area contributed by atoms with E-state index in [2.05, 4.69) is 26.2 Å². The molecule has 4 nitrogen and oxygen atoms in total. The summed E-state index contributed by atoms with van der Waals surface area (Å²) in [6.07, 6.45) is 7.05. The van der Waals surface area contributed by atoms with Gasteiger partial charge in [0.15, 0.2) is 0 Å². The molecule has 16 heavy (non-hydrogen) atoms. The molecule has 3 N–H and O–H groups in total. The Labute approximate surface area is 104 Å². The molecule has 88 valence electrons. The van der Waals surface area contributed by atoms with E-state index in [4.69, 9.17) is 10.5 Å². The lowest BCUT2D eigenvalue weighted by Crippen LogP contribution is -2.18. The number of nitrogens with two attached hydrogens (primary N) is 1. The van der Waals surface area contributed by atoms with Crippen molar-refractivity contribution < 1.29 is 4.74 Å². The van der Waals surface area contributed by atoms with E-state index >= 15 is 0 Å². The standard InChI is InChI=1S/C11H16BrN3O/c1-16-8-3-2-7(4-8)15-11-9(12)5-14-6-10(11)13/h5-8H,2-4,13H2,1H3,(H,14,15). The predicted molar refractivity (Wildman–Crippen MR) is 68.4 cm³/mol. The van der Waals surface area contributed by atoms with Crippen LogP contribution in [0.25, 0.3) is 0 Å². The van der Waals surface area contributed by atoms with Crippen molar-refractivity contribution in [3.63, 3.8) is 0 Å². The maximum atomic E-state index is 5.88. The second kappa shape index (κ2) is 5.01. The number of nitrogens with one attached hydrogen (secondary N) is 1. The first-order chi connectivity index (χ1) is 7.70. The number of halogens is 1. The van der Waals surface area contributed by atoms with E-state index < -0.39 is 0 Å². The van der Waals surface area contributed by atoms with E-state index in [1.165, 1.54) is 0 Å². The summed E-state index contributed by atoms with van der Waals surface area (Å²) in [5, 5.41) is 3.45. The number of hydrogen-bond acceptors (Lipinski definition) is 4. The van der Waals surface area contributed by atoms with Gasteiger partial charge in [-0.05, 0) is 35.2 Å². The molecule has 0 aliphatic heterocycles. The molecule has 1 aliphatic carbocycles. The Morgan fingerprint density at radius 1 is 1.50 bits per heavy atom. The van der Waals surface area contributed by atoms with Crippen molar-refractivity contribution in [2.24, 2.45) is 0 Å². The smallest absolute Gasteiger partial charge is 0.0752 e. The first-order valence-corrected chi connectivity index (χ1v) is 6.18. The van der Waals surface area contributed by atoms with Crippen LogP contribution < -0.4 is 11.1 Å². The topological polar surface area (TPSA) is 60.2 Å². The Bertz CT molecular complexity index is 352. The monoisotopic (exact) mass is 285 g/mol. The summed E-state index contributed by atoms with van der Waals surface area (Å²) in [7, 11) is 1.77. The highest BCUT2D eigenvalue weighted by Gasteiger charge is 2.25. The van der Waals surface area contributed by atoms with Crippen LogP contribution in [0.15, 0.2) is 16.9 Å². The Morgan fingerprint density at radius 3 is 2.94 bits per heavy atom. The molecule has 0 spiro atoms. The highest BCUT2D eigenvalue weighted by molar-refractivity contribution is 9.10. The van der Waals surface area contributed by atoms with Gasteiger partial charge in [-0.25, -0.2) is 0 Å². The molecule has 1 fully saturated rings. The number of pyridine rings is 1. The number of methoxy groups -OCH3 is 1. The summed E-state index contributed by atoms with van der Waals surface area (Å²) in [4.78, 5) is 4.01. The quantitative estimate of drug-likeness (QED) is 0.895. The van der Waals surface area contributed by atoms with Gasteiger partial charge in [-0.3, -0.25) is 4.98 Å². The van der Waals surface area contributed by atoms with Crippen molar-refractivity contribution in [2.75, 3.05) is 18.2 Å². The van der Waals surface area contributed by atoms with E-state index in [-0.39, 0.29) is 0 Å². The maximum absolute atomic E-state index is 5.88. The zero-order valence-electron chi connectivity index (χ0n) is 9.24. The van der Waals surface area contributed by atoms with Gasteiger partial charge in [0.05, 0.1) is 28.1 Å². The summed E-state index contributed by atoms with van der Waals surface area (Å²) in [5.41, 5.74) is 7.50. The van der Waals surface area contributed by atoms with Crippen molar-refractivity contribution in [1.29, 1.82) is 0 Å². The molecule has 0 bridgehead atoms. The van der Waals surface area contributed by atoms with E-state index in [0.717, 1.165) is 29.4 Å². The third-order valence-corrected chi connectivity index (χ3v) is 3.60. The number of nitrogens with zero attached hydrogens (tertiary/aromatic N) is 1. The van der Waals surface area contributed by atoms with Gasteiger partial charge in [0.2, 0.25) is 0 Å². The zero-order chi connectivity index (χ0) is 11.5. The fourth-order valence-corrected chi connectivity index (χ4v) is 2.55. The summed E-state index contributed by atoms with van der Waals surface area (Å²) in [5.74, 6) is 0. The molecule has 2 rings (SSSR count). The zero-order valence-corrected chi connectivity index (χ0v) is 10.8. The Hall–Kier alpha value is -0.810. The van der Waals surface area contributed by atoms with Gasteiger partial charge in [0.1, 0.15) is 0 Å². The minimum absolute atomic E-state index is 0.374. The second-order valence-corrected chi connectivity index (χ2v) is 4.95. The van der Waals surface area contributed by atoms with Gasteiger partial charge >= 0.3 is 0 Å². The number of nitrogen functional groups attached to an aromatic ring is 1. The molecule has 1 saturated carbocycles. The Morgan fingerprint density at radius 2 is 2.31 bits per heavy atom. The average molecular weight is 286 g/mol. The normalized spacial score (nSPS) is 24.6. The van der Waals surface area contributed by atoms with Crippen LogP contribution in [-0.4, -0.2) is 24.2 Å². The highest BCUT2D eigenvalue weighted by atomic mass is 79.9. The third-order valence-electron chi connectivity index (χ3n) is 3.00. The molecule has 0 saturated heterocycles. The van der Waals surface area contributed by atoms with E-state index in [0.29, 0.717) is 17.8 Å². The Kier molecular flexibility index (Phi) is 3.66. The van der Waals surface area contributed by atoms with E-state index in [1.54, 1.807) is 19.5 Å². The molecule has 1 heterocycles. The third kappa shape index (κ3) is 2.47. The number of rotatable bonds is 3. The van der Waals surface area contributed by atoms with Crippen molar-refractivity contribution in [2.45, 2.75) is 31.4 Å². The van der Waals surface area contributed by atoms with Crippen LogP contribution in [0.3, 0.4) is 0 Å². The molecule has 2 atom stereocenters. The van der Waals surface area contributed by atoms with Crippen molar-refractivity contribution in [3.8, 4) is 0 Å². The van der Waals surface area contributed by atoms with Gasteiger partial charge < -0.3 is 15.8 Å². The van der Waals surface area contributed by atoms with Gasteiger partial charge in [-0.1, -0.05) is 0 Å². The molecule has 0 radical (unpaired) electrons. The van der Waals surface area contributed by atoms with Crippen LogP contribution in [0.4, 0.5) is 11.4 Å². The minimum Gasteiger partial charge on any atom is -0.396 e. The maximum Gasteiger partial charge on any atom is 0.0752 e. The van der Waals surface area contributed by atoms with Crippen LogP contribution >= 0.6 is 15.9 Å². The lowest BCUT2D eigenvalue weighted by molar-refractivity contribution is 0.108. The Balaban J connectivity index is 2.04. The molecule has 1 aromatic rings. The van der Waals surface area contributed by atoms with E-state index in [9.17, 15) is 0 Å². The predicted octanol–water partition coefficient (Wildman–Crippen LogP) is 2.41. The molecule has 0 aromatic carbocycles. The first-order valence-electron chi connectivity index (χ1n) is 5.39. The second-order valence-electron chi connectivity index (χ2n) is 4.10. The summed E-state index contributed by atoms with van der Waals surface area (Å²) in [6.45, 7) is 0. The lowest BCUT2D eigenvalue weighted by atomic mass is 10.2. The van der Waals surface area contributed by atoms with Crippen LogP contribution in [0.5, 0.6) is 0 Å². The minimum atomic E-state index is 0.374. The molecular weight excluding hydrogens is 270 g/mol. The van der Waals surface area contributed by atoms with Crippen LogP contribution in [-0.2, 0) is 4.74 Å². The number of ether oxygens (including phenoxy) is 1. The van der Waals surface area contributed by atoms with Crippen LogP contribution in [0, 0.1) is 0 Å². The number of anilines is 2. The van der Waals surface area contributed by atoms with Crippen LogP contribution in [0.2, 0.25) is 0 Å². The molecule has 2 unspecified atom stereocenters. The van der Waals surface area contributed by atoms with Crippen molar-refractivity contribution >= 4 is 27.3 Å². The lowest BCUT2D eigenvalue weighted by Gasteiger charge is -2.17. The largest absolute Gasteiger partial charge is 0.396 e. The highest BCUT2D eigenvalue weighted by Crippen LogP contribution is 2.31. The van der Waals surface area contributed by atoms with Gasteiger partial charge in [0.25, 0.3) is 0 Å². The van der Waals surface area contributed by atoms with E-state index in [1.807, 2.05) is 0 Å². The SMILES string of the molecule is COC1CCC(Nc2c(N)cncc2Br)C1. The first kappa shape index (κ1) is 11.7. The molecule has 1 aromatic heterocycles. The molecule has 1 aliphatic rings. The molecule has 5 heteroatoms. The van der Waals surface area contributed by atoms with Crippen molar-refractivity contribution in [3.05, 3.63) is 16.9 Å². The summed E-state index contributed by atoms with van der Waals surface area (Å²) < 4.78 is 6.25. The average Bonchev–Trinajstić information content (AvgIpc) is 2.71. The number of aromatic nitrogens is 1.